The minimum atomic E-state index is 0.323. The van der Waals surface area contributed by atoms with Gasteiger partial charge in [-0.2, -0.15) is 0 Å². The lowest BCUT2D eigenvalue weighted by Crippen LogP contribution is -2.42. The zero-order chi connectivity index (χ0) is 16.5. The Labute approximate surface area is 136 Å². The monoisotopic (exact) mass is 304 g/mol. The first-order valence-corrected chi connectivity index (χ1v) is 8.11. The van der Waals surface area contributed by atoms with Crippen molar-refractivity contribution >= 4 is 5.96 Å². The van der Waals surface area contributed by atoms with Gasteiger partial charge in [0.05, 0.1) is 6.04 Å². The van der Waals surface area contributed by atoms with E-state index in [0.717, 1.165) is 25.5 Å². The van der Waals surface area contributed by atoms with Crippen molar-refractivity contribution in [2.24, 2.45) is 10.9 Å². The van der Waals surface area contributed by atoms with Crippen molar-refractivity contribution < 1.29 is 0 Å². The standard InChI is InChI=1S/C18H32N4/c1-14(2)11-12-20-18(19-4)21-13-17(22(5)6)16-9-7-15(3)8-10-16/h7-10,14,17H,11-13H2,1-6H3,(H2,19,20,21). The summed E-state index contributed by atoms with van der Waals surface area (Å²) in [6.45, 7) is 8.37. The summed E-state index contributed by atoms with van der Waals surface area (Å²) in [4.78, 5) is 6.54. The summed E-state index contributed by atoms with van der Waals surface area (Å²) in [5.74, 6) is 1.58. The van der Waals surface area contributed by atoms with E-state index < -0.39 is 0 Å². The summed E-state index contributed by atoms with van der Waals surface area (Å²) in [5, 5.41) is 6.81. The number of hydrogen-bond acceptors (Lipinski definition) is 2. The van der Waals surface area contributed by atoms with Gasteiger partial charge in [-0.3, -0.25) is 4.99 Å². The van der Waals surface area contributed by atoms with Crippen LogP contribution in [0.4, 0.5) is 0 Å². The first-order valence-electron chi connectivity index (χ1n) is 8.11. The summed E-state index contributed by atoms with van der Waals surface area (Å²) < 4.78 is 0. The number of nitrogens with zero attached hydrogens (tertiary/aromatic N) is 2. The van der Waals surface area contributed by atoms with Gasteiger partial charge in [0.15, 0.2) is 5.96 Å². The Morgan fingerprint density at radius 2 is 1.77 bits per heavy atom. The van der Waals surface area contributed by atoms with E-state index in [1.807, 2.05) is 7.05 Å². The third-order valence-corrected chi connectivity index (χ3v) is 3.79. The van der Waals surface area contributed by atoms with Crippen molar-refractivity contribution in [3.8, 4) is 0 Å². The number of aliphatic imine (C=N–C) groups is 1. The van der Waals surface area contributed by atoms with Crippen LogP contribution in [0.1, 0.15) is 37.4 Å². The van der Waals surface area contributed by atoms with Crippen LogP contribution in [-0.2, 0) is 0 Å². The predicted molar refractivity (Wildman–Crippen MR) is 96.4 cm³/mol. The van der Waals surface area contributed by atoms with E-state index in [4.69, 9.17) is 0 Å². The van der Waals surface area contributed by atoms with Crippen molar-refractivity contribution in [3.05, 3.63) is 35.4 Å². The van der Waals surface area contributed by atoms with Crippen molar-refractivity contribution in [1.29, 1.82) is 0 Å². The Morgan fingerprint density at radius 3 is 2.27 bits per heavy atom. The number of likely N-dealkylation sites (N-methyl/N-ethyl adjacent to an activating group) is 1. The Hall–Kier alpha value is -1.55. The number of aryl methyl sites for hydroxylation is 1. The molecule has 124 valence electrons. The van der Waals surface area contributed by atoms with Gasteiger partial charge in [-0.05, 0) is 38.9 Å². The average Bonchev–Trinajstić information content (AvgIpc) is 2.46. The number of rotatable bonds is 7. The van der Waals surface area contributed by atoms with Crippen LogP contribution >= 0.6 is 0 Å². The molecule has 0 heterocycles. The fourth-order valence-corrected chi connectivity index (χ4v) is 2.28. The van der Waals surface area contributed by atoms with Gasteiger partial charge in [-0.1, -0.05) is 43.7 Å². The lowest BCUT2D eigenvalue weighted by molar-refractivity contribution is 0.298. The molecule has 0 saturated carbocycles. The largest absolute Gasteiger partial charge is 0.356 e. The van der Waals surface area contributed by atoms with E-state index in [9.17, 15) is 0 Å². The molecule has 0 fully saturated rings. The second-order valence-corrected chi connectivity index (χ2v) is 6.45. The molecule has 0 aliphatic rings. The predicted octanol–water partition coefficient (Wildman–Crippen LogP) is 2.81. The molecule has 4 heteroatoms. The summed E-state index contributed by atoms with van der Waals surface area (Å²) in [6.07, 6.45) is 1.15. The van der Waals surface area contributed by atoms with Crippen LogP contribution in [0.15, 0.2) is 29.3 Å². The van der Waals surface area contributed by atoms with Gasteiger partial charge in [0.1, 0.15) is 0 Å². The number of nitrogens with one attached hydrogen (secondary N) is 2. The molecule has 22 heavy (non-hydrogen) atoms. The van der Waals surface area contributed by atoms with Gasteiger partial charge in [0.2, 0.25) is 0 Å². The molecule has 1 rings (SSSR count). The molecule has 4 nitrogen and oxygen atoms in total. The first kappa shape index (κ1) is 18.5. The maximum absolute atomic E-state index is 4.30. The summed E-state index contributed by atoms with van der Waals surface area (Å²) in [7, 11) is 6.05. The maximum atomic E-state index is 4.30. The highest BCUT2D eigenvalue weighted by Crippen LogP contribution is 2.17. The van der Waals surface area contributed by atoms with Gasteiger partial charge >= 0.3 is 0 Å². The van der Waals surface area contributed by atoms with Crippen molar-refractivity contribution in [1.82, 2.24) is 15.5 Å². The molecule has 1 aromatic rings. The van der Waals surface area contributed by atoms with Crippen molar-refractivity contribution in [2.45, 2.75) is 33.2 Å². The fraction of sp³-hybridized carbons (Fsp3) is 0.611. The summed E-state index contributed by atoms with van der Waals surface area (Å²) >= 11 is 0. The van der Waals surface area contributed by atoms with Gasteiger partial charge in [-0.25, -0.2) is 0 Å². The van der Waals surface area contributed by atoms with E-state index in [1.54, 1.807) is 0 Å². The highest BCUT2D eigenvalue weighted by atomic mass is 15.2. The lowest BCUT2D eigenvalue weighted by atomic mass is 10.0. The highest BCUT2D eigenvalue weighted by molar-refractivity contribution is 5.79. The molecule has 0 saturated heterocycles. The zero-order valence-corrected chi connectivity index (χ0v) is 15.0. The van der Waals surface area contributed by atoms with E-state index >= 15 is 0 Å². The minimum absolute atomic E-state index is 0.323. The molecule has 0 bridgehead atoms. The zero-order valence-electron chi connectivity index (χ0n) is 15.0. The van der Waals surface area contributed by atoms with Gasteiger partial charge in [0, 0.05) is 20.1 Å². The second kappa shape index (κ2) is 9.46. The molecule has 1 unspecified atom stereocenters. The van der Waals surface area contributed by atoms with Crippen LogP contribution in [0.3, 0.4) is 0 Å². The molecule has 0 aliphatic carbocycles. The van der Waals surface area contributed by atoms with Crippen LogP contribution in [0, 0.1) is 12.8 Å². The SMILES string of the molecule is CN=C(NCCC(C)C)NCC(c1ccc(C)cc1)N(C)C. The van der Waals surface area contributed by atoms with Crippen LogP contribution in [0.2, 0.25) is 0 Å². The Balaban J connectivity index is 2.58. The molecular weight excluding hydrogens is 272 g/mol. The van der Waals surface area contributed by atoms with Gasteiger partial charge in [0.25, 0.3) is 0 Å². The summed E-state index contributed by atoms with van der Waals surface area (Å²) in [5.41, 5.74) is 2.61. The third-order valence-electron chi connectivity index (χ3n) is 3.79. The lowest BCUT2D eigenvalue weighted by Gasteiger charge is -2.26. The molecule has 0 aromatic heterocycles. The molecule has 2 N–H and O–H groups in total. The van der Waals surface area contributed by atoms with E-state index in [-0.39, 0.29) is 0 Å². The molecule has 1 atom stereocenters. The highest BCUT2D eigenvalue weighted by Gasteiger charge is 2.14. The quantitative estimate of drug-likeness (QED) is 0.601. The number of guanidine groups is 1. The van der Waals surface area contributed by atoms with Crippen LogP contribution in [0.25, 0.3) is 0 Å². The van der Waals surface area contributed by atoms with Gasteiger partial charge < -0.3 is 15.5 Å². The van der Waals surface area contributed by atoms with E-state index in [0.29, 0.717) is 12.0 Å². The maximum Gasteiger partial charge on any atom is 0.191 e. The molecule has 0 spiro atoms. The minimum Gasteiger partial charge on any atom is -0.356 e. The number of hydrogen-bond donors (Lipinski definition) is 2. The molecule has 1 aromatic carbocycles. The van der Waals surface area contributed by atoms with Crippen molar-refractivity contribution in [2.75, 3.05) is 34.2 Å². The Kier molecular flexibility index (Phi) is 7.96. The van der Waals surface area contributed by atoms with Gasteiger partial charge in [-0.15, -0.1) is 0 Å². The average molecular weight is 304 g/mol. The Bertz CT molecular complexity index is 449. The molecule has 0 aliphatic heterocycles. The smallest absolute Gasteiger partial charge is 0.191 e. The second-order valence-electron chi connectivity index (χ2n) is 6.45. The normalized spacial score (nSPS) is 13.5. The molecule has 0 radical (unpaired) electrons. The van der Waals surface area contributed by atoms with Crippen LogP contribution in [0.5, 0.6) is 0 Å². The topological polar surface area (TPSA) is 39.7 Å². The van der Waals surface area contributed by atoms with E-state index in [2.05, 4.69) is 79.7 Å². The summed E-state index contributed by atoms with van der Waals surface area (Å²) in [6, 6.07) is 9.07. The van der Waals surface area contributed by atoms with Crippen LogP contribution < -0.4 is 10.6 Å². The number of benzene rings is 1. The first-order chi connectivity index (χ1) is 10.4. The third kappa shape index (κ3) is 6.48. The van der Waals surface area contributed by atoms with Crippen LogP contribution in [-0.4, -0.2) is 45.1 Å². The van der Waals surface area contributed by atoms with Crippen molar-refractivity contribution in [3.63, 3.8) is 0 Å². The fourth-order valence-electron chi connectivity index (χ4n) is 2.28. The Morgan fingerprint density at radius 1 is 1.14 bits per heavy atom. The van der Waals surface area contributed by atoms with E-state index in [1.165, 1.54) is 11.1 Å². The molecular formula is C18H32N4. The molecule has 0 amide bonds.